The van der Waals surface area contributed by atoms with Crippen molar-refractivity contribution < 1.29 is 4.79 Å². The Kier molecular flexibility index (Phi) is 6.87. The van der Waals surface area contributed by atoms with Crippen molar-refractivity contribution in [3.63, 3.8) is 0 Å². The highest BCUT2D eigenvalue weighted by Gasteiger charge is 2.07. The van der Waals surface area contributed by atoms with Gasteiger partial charge in [0.25, 0.3) is 0 Å². The molecule has 0 aliphatic carbocycles. The van der Waals surface area contributed by atoms with Gasteiger partial charge in [-0.15, -0.1) is 5.10 Å². The van der Waals surface area contributed by atoms with Gasteiger partial charge in [0.2, 0.25) is 11.1 Å². The van der Waals surface area contributed by atoms with Gasteiger partial charge >= 0.3 is 0 Å². The number of thioether (sulfide) groups is 1. The Morgan fingerprint density at radius 2 is 1.81 bits per heavy atom. The normalized spacial score (nSPS) is 10.6. The van der Waals surface area contributed by atoms with Crippen molar-refractivity contribution in [1.29, 1.82) is 0 Å². The van der Waals surface area contributed by atoms with Crippen LogP contribution in [0.4, 0.5) is 5.69 Å². The Bertz CT molecular complexity index is 838. The van der Waals surface area contributed by atoms with Gasteiger partial charge < -0.3 is 10.2 Å². The number of benzene rings is 2. The molecule has 0 aliphatic rings. The summed E-state index contributed by atoms with van der Waals surface area (Å²) in [5.74, 6) is 0.311. The molecule has 0 fully saturated rings. The molecule has 0 saturated heterocycles. The van der Waals surface area contributed by atoms with Crippen LogP contribution < -0.4 is 10.2 Å². The number of nitrogens with zero attached hydrogens (tertiary/aromatic N) is 4. The molecule has 0 saturated carbocycles. The highest BCUT2D eigenvalue weighted by molar-refractivity contribution is 7.99. The van der Waals surface area contributed by atoms with Crippen LogP contribution in [0.2, 0.25) is 0 Å². The van der Waals surface area contributed by atoms with Gasteiger partial charge in [-0.2, -0.15) is 0 Å². The minimum Gasteiger partial charge on any atom is -0.375 e. The highest BCUT2D eigenvalue weighted by atomic mass is 32.2. The molecule has 1 aromatic heterocycles. The number of para-hydroxylation sites is 2. The van der Waals surface area contributed by atoms with E-state index in [0.29, 0.717) is 17.5 Å². The molecule has 1 N–H and O–H groups in total. The Morgan fingerprint density at radius 1 is 1.11 bits per heavy atom. The van der Waals surface area contributed by atoms with E-state index < -0.39 is 0 Å². The van der Waals surface area contributed by atoms with Crippen molar-refractivity contribution in [2.24, 2.45) is 0 Å². The third kappa shape index (κ3) is 5.86. The molecule has 1 heterocycles. The van der Waals surface area contributed by atoms with Gasteiger partial charge in [-0.3, -0.25) is 4.79 Å². The molecule has 0 radical (unpaired) electrons. The predicted molar refractivity (Wildman–Crippen MR) is 109 cm³/mol. The van der Waals surface area contributed by atoms with E-state index in [2.05, 4.69) is 39.5 Å². The average molecular weight is 382 g/mol. The van der Waals surface area contributed by atoms with Crippen molar-refractivity contribution in [1.82, 2.24) is 20.1 Å². The summed E-state index contributed by atoms with van der Waals surface area (Å²) >= 11 is 1.34. The van der Waals surface area contributed by atoms with Crippen molar-refractivity contribution in [3.8, 4) is 5.69 Å². The first-order valence-corrected chi connectivity index (χ1v) is 9.84. The maximum atomic E-state index is 12.0. The second kappa shape index (κ2) is 9.78. The Morgan fingerprint density at radius 3 is 2.56 bits per heavy atom. The molecule has 0 spiro atoms. The fourth-order valence-electron chi connectivity index (χ4n) is 2.56. The van der Waals surface area contributed by atoms with E-state index in [1.54, 1.807) is 11.0 Å². The zero-order valence-corrected chi connectivity index (χ0v) is 16.1. The molecule has 3 rings (SSSR count). The van der Waals surface area contributed by atoms with Gasteiger partial charge in [0, 0.05) is 25.8 Å². The Balaban J connectivity index is 1.35. The minimum atomic E-state index is -0.00146. The minimum absolute atomic E-state index is 0.00146. The van der Waals surface area contributed by atoms with E-state index in [4.69, 9.17) is 0 Å². The summed E-state index contributed by atoms with van der Waals surface area (Å²) in [6.07, 6.45) is 2.55. The molecule has 0 aliphatic heterocycles. The number of carbonyl (C=O) groups is 1. The van der Waals surface area contributed by atoms with Crippen molar-refractivity contribution in [2.75, 3.05) is 30.8 Å². The quantitative estimate of drug-likeness (QED) is 0.456. The fraction of sp³-hybridized carbons (Fsp3) is 0.250. The average Bonchev–Trinajstić information content (AvgIpc) is 3.20. The number of amides is 1. The molecule has 140 valence electrons. The van der Waals surface area contributed by atoms with E-state index in [0.717, 1.165) is 18.7 Å². The van der Waals surface area contributed by atoms with Crippen LogP contribution in [-0.2, 0) is 4.79 Å². The van der Waals surface area contributed by atoms with Crippen LogP contribution in [0, 0.1) is 0 Å². The summed E-state index contributed by atoms with van der Waals surface area (Å²) in [7, 11) is 2.06. The summed E-state index contributed by atoms with van der Waals surface area (Å²) in [6.45, 7) is 1.54. The van der Waals surface area contributed by atoms with Gasteiger partial charge in [0.1, 0.15) is 6.33 Å². The molecule has 27 heavy (non-hydrogen) atoms. The molecular weight excluding hydrogens is 358 g/mol. The molecule has 6 nitrogen and oxygen atoms in total. The number of carbonyl (C=O) groups excluding carboxylic acids is 1. The third-order valence-corrected chi connectivity index (χ3v) is 4.87. The SMILES string of the molecule is CN(CCCNC(=O)CSc1ncn(-c2ccccc2)n1)c1ccccc1. The number of aromatic nitrogens is 3. The van der Waals surface area contributed by atoms with Crippen LogP contribution in [-0.4, -0.2) is 46.6 Å². The number of rotatable bonds is 9. The van der Waals surface area contributed by atoms with Crippen LogP contribution in [0.25, 0.3) is 5.69 Å². The number of hydrogen-bond acceptors (Lipinski definition) is 5. The molecule has 1 amide bonds. The lowest BCUT2D eigenvalue weighted by atomic mass is 10.3. The second-order valence-corrected chi connectivity index (χ2v) is 7.00. The predicted octanol–water partition coefficient (Wildman–Crippen LogP) is 3.00. The highest BCUT2D eigenvalue weighted by Crippen LogP contribution is 2.14. The summed E-state index contributed by atoms with van der Waals surface area (Å²) in [6, 6.07) is 20.0. The molecule has 0 atom stereocenters. The molecule has 2 aromatic carbocycles. The maximum Gasteiger partial charge on any atom is 0.230 e. The fourth-order valence-corrected chi connectivity index (χ4v) is 3.19. The summed E-state index contributed by atoms with van der Waals surface area (Å²) in [4.78, 5) is 18.4. The van der Waals surface area contributed by atoms with Gasteiger partial charge in [0.05, 0.1) is 11.4 Å². The molecule has 0 bridgehead atoms. The van der Waals surface area contributed by atoms with Crippen LogP contribution in [0.15, 0.2) is 72.1 Å². The van der Waals surface area contributed by atoms with Gasteiger partial charge in [0.15, 0.2) is 0 Å². The van der Waals surface area contributed by atoms with E-state index in [1.807, 2.05) is 48.5 Å². The lowest BCUT2D eigenvalue weighted by Gasteiger charge is -2.19. The van der Waals surface area contributed by atoms with E-state index in [9.17, 15) is 4.79 Å². The second-order valence-electron chi connectivity index (χ2n) is 6.06. The largest absolute Gasteiger partial charge is 0.375 e. The number of anilines is 1. The first kappa shape index (κ1) is 19.0. The monoisotopic (exact) mass is 381 g/mol. The molecular formula is C20H23N5OS. The summed E-state index contributed by atoms with van der Waals surface area (Å²) in [5, 5.41) is 7.93. The zero-order chi connectivity index (χ0) is 18.9. The maximum absolute atomic E-state index is 12.0. The topological polar surface area (TPSA) is 63.1 Å². The Labute approximate surface area is 163 Å². The smallest absolute Gasteiger partial charge is 0.230 e. The molecule has 3 aromatic rings. The van der Waals surface area contributed by atoms with Crippen molar-refractivity contribution in [2.45, 2.75) is 11.6 Å². The van der Waals surface area contributed by atoms with Gasteiger partial charge in [-0.05, 0) is 30.7 Å². The van der Waals surface area contributed by atoms with Crippen LogP contribution in [0.1, 0.15) is 6.42 Å². The van der Waals surface area contributed by atoms with Crippen LogP contribution >= 0.6 is 11.8 Å². The van der Waals surface area contributed by atoms with Crippen molar-refractivity contribution >= 4 is 23.4 Å². The standard InChI is InChI=1S/C20H23N5OS/c1-24(17-9-4-2-5-10-17)14-8-13-21-19(26)15-27-20-22-16-25(23-20)18-11-6-3-7-12-18/h2-7,9-12,16H,8,13-15H2,1H3,(H,21,26). The lowest BCUT2D eigenvalue weighted by Crippen LogP contribution is -2.29. The summed E-state index contributed by atoms with van der Waals surface area (Å²) < 4.78 is 1.71. The van der Waals surface area contributed by atoms with Gasteiger partial charge in [-0.1, -0.05) is 48.2 Å². The lowest BCUT2D eigenvalue weighted by molar-refractivity contribution is -0.118. The van der Waals surface area contributed by atoms with E-state index in [1.165, 1.54) is 17.4 Å². The van der Waals surface area contributed by atoms with Crippen LogP contribution in [0.3, 0.4) is 0 Å². The third-order valence-electron chi connectivity index (χ3n) is 4.01. The zero-order valence-electron chi connectivity index (χ0n) is 15.3. The molecule has 0 unspecified atom stereocenters. The summed E-state index contributed by atoms with van der Waals surface area (Å²) in [5.41, 5.74) is 2.13. The first-order chi connectivity index (χ1) is 13.2. The Hall–Kier alpha value is -2.80. The van der Waals surface area contributed by atoms with Crippen LogP contribution in [0.5, 0.6) is 0 Å². The first-order valence-electron chi connectivity index (χ1n) is 8.85. The number of hydrogen-bond donors (Lipinski definition) is 1. The number of nitrogens with one attached hydrogen (secondary N) is 1. The van der Waals surface area contributed by atoms with Gasteiger partial charge in [-0.25, -0.2) is 9.67 Å². The van der Waals surface area contributed by atoms with E-state index >= 15 is 0 Å². The van der Waals surface area contributed by atoms with E-state index in [-0.39, 0.29) is 5.91 Å². The molecule has 7 heteroatoms. The van der Waals surface area contributed by atoms with Crippen molar-refractivity contribution in [3.05, 3.63) is 67.0 Å².